The molecule has 0 amide bonds. The molecular formula is C21H37O6. The zero-order valence-corrected chi connectivity index (χ0v) is 17.9. The maximum absolute atomic E-state index is 12.6. The average Bonchev–Trinajstić information content (AvgIpc) is 2.61. The van der Waals surface area contributed by atoms with E-state index in [9.17, 15) is 14.7 Å². The van der Waals surface area contributed by atoms with Crippen LogP contribution in [-0.4, -0.2) is 31.8 Å². The van der Waals surface area contributed by atoms with Crippen molar-refractivity contribution in [1.29, 1.82) is 0 Å². The summed E-state index contributed by atoms with van der Waals surface area (Å²) in [6, 6.07) is 0. The Bertz CT molecular complexity index is 481. The van der Waals surface area contributed by atoms with Crippen molar-refractivity contribution in [1.82, 2.24) is 0 Å². The van der Waals surface area contributed by atoms with Gasteiger partial charge in [-0.1, -0.05) is 26.7 Å². The van der Waals surface area contributed by atoms with Crippen LogP contribution < -0.4 is 0 Å². The van der Waals surface area contributed by atoms with Crippen molar-refractivity contribution in [2.45, 2.75) is 80.1 Å². The minimum Gasteiger partial charge on any atom is -0.466 e. The summed E-state index contributed by atoms with van der Waals surface area (Å²) in [6.45, 7) is 11.9. The van der Waals surface area contributed by atoms with Gasteiger partial charge in [-0.05, 0) is 53.4 Å². The topological polar surface area (TPSA) is 81.7 Å². The van der Waals surface area contributed by atoms with Crippen molar-refractivity contribution in [2.24, 2.45) is 11.3 Å². The number of carbonyl (C=O) groups excluding carboxylic acids is 2. The van der Waals surface area contributed by atoms with Crippen molar-refractivity contribution < 1.29 is 28.9 Å². The number of hydrogen-bond acceptors (Lipinski definition) is 5. The van der Waals surface area contributed by atoms with Crippen molar-refractivity contribution in [3.05, 3.63) is 11.5 Å². The Kier molecular flexibility index (Phi) is 12.6. The monoisotopic (exact) mass is 385 g/mol. The van der Waals surface area contributed by atoms with Crippen molar-refractivity contribution in [2.75, 3.05) is 19.8 Å². The van der Waals surface area contributed by atoms with E-state index < -0.39 is 17.3 Å². The molecule has 6 nitrogen and oxygen atoms in total. The van der Waals surface area contributed by atoms with Gasteiger partial charge in [0.15, 0.2) is 0 Å². The standard InChI is InChI=1S/C21H37O6/c1-7-10-12-26-18(22)16(4)14-17(19(23)27-13-11-8-2)15-21(5,6)20(24)25-9-3/h17H,7-15H2,1-6H3. The summed E-state index contributed by atoms with van der Waals surface area (Å²) >= 11 is 0. The molecule has 0 aromatic rings. The van der Waals surface area contributed by atoms with E-state index in [1.54, 1.807) is 27.7 Å². The van der Waals surface area contributed by atoms with Gasteiger partial charge in [-0.2, -0.15) is 0 Å². The predicted octanol–water partition coefficient (Wildman–Crippen LogP) is 4.79. The van der Waals surface area contributed by atoms with Crippen LogP contribution in [-0.2, 0) is 28.9 Å². The molecule has 0 aliphatic carbocycles. The lowest BCUT2D eigenvalue weighted by atomic mass is 9.80. The van der Waals surface area contributed by atoms with Gasteiger partial charge in [-0.25, -0.2) is 5.11 Å². The molecule has 1 radical (unpaired) electrons. The van der Waals surface area contributed by atoms with E-state index in [0.29, 0.717) is 18.8 Å². The molecule has 1 atom stereocenters. The Labute approximate surface area is 164 Å². The lowest BCUT2D eigenvalue weighted by Gasteiger charge is -2.27. The quantitative estimate of drug-likeness (QED) is 0.244. The molecule has 0 fully saturated rings. The Morgan fingerprint density at radius 2 is 1.48 bits per heavy atom. The molecule has 0 aliphatic rings. The van der Waals surface area contributed by atoms with Crippen LogP contribution in [0.1, 0.15) is 80.1 Å². The van der Waals surface area contributed by atoms with Crippen LogP contribution in [0.5, 0.6) is 0 Å². The van der Waals surface area contributed by atoms with E-state index in [1.807, 2.05) is 13.8 Å². The number of carbonyl (C=O) groups is 2. The molecule has 157 valence electrons. The van der Waals surface area contributed by atoms with Gasteiger partial charge in [0.1, 0.15) is 0 Å². The molecule has 6 heteroatoms. The molecule has 0 heterocycles. The van der Waals surface area contributed by atoms with Crippen LogP contribution in [0.3, 0.4) is 0 Å². The van der Waals surface area contributed by atoms with E-state index in [-0.39, 0.29) is 31.4 Å². The smallest absolute Gasteiger partial charge is 0.329 e. The van der Waals surface area contributed by atoms with Gasteiger partial charge in [0.2, 0.25) is 0 Å². The van der Waals surface area contributed by atoms with Crippen molar-refractivity contribution >= 4 is 11.9 Å². The first-order chi connectivity index (χ1) is 12.7. The van der Waals surface area contributed by atoms with Gasteiger partial charge >= 0.3 is 17.9 Å². The largest absolute Gasteiger partial charge is 0.466 e. The Balaban J connectivity index is 5.20. The highest BCUT2D eigenvalue weighted by atomic mass is 16.6. The summed E-state index contributed by atoms with van der Waals surface area (Å²) < 4.78 is 15.7. The molecule has 0 aliphatic heterocycles. The van der Waals surface area contributed by atoms with Gasteiger partial charge < -0.3 is 14.2 Å². The summed E-state index contributed by atoms with van der Waals surface area (Å²) in [5.74, 6) is -1.75. The number of esters is 2. The molecule has 0 bridgehead atoms. The summed E-state index contributed by atoms with van der Waals surface area (Å²) in [5.41, 5.74) is -0.389. The zero-order valence-electron chi connectivity index (χ0n) is 17.9. The first kappa shape index (κ1) is 25.3. The molecule has 0 N–H and O–H groups in total. The third kappa shape index (κ3) is 10.3. The van der Waals surface area contributed by atoms with Crippen LogP contribution in [0.15, 0.2) is 11.5 Å². The fraction of sp³-hybridized carbons (Fsp3) is 0.810. The first-order valence-electron chi connectivity index (χ1n) is 10.0. The van der Waals surface area contributed by atoms with Gasteiger partial charge in [-0.15, -0.1) is 0 Å². The molecule has 0 saturated heterocycles. The fourth-order valence-corrected chi connectivity index (χ4v) is 2.58. The minimum atomic E-state index is -0.850. The van der Waals surface area contributed by atoms with Gasteiger partial charge in [0.05, 0.1) is 31.2 Å². The van der Waals surface area contributed by atoms with Crippen LogP contribution in [0, 0.1) is 11.3 Å². The maximum atomic E-state index is 12.6. The molecular weight excluding hydrogens is 348 g/mol. The first-order valence-corrected chi connectivity index (χ1v) is 10.0. The summed E-state index contributed by atoms with van der Waals surface area (Å²) in [5, 5.41) is 12.1. The highest BCUT2D eigenvalue weighted by Crippen LogP contribution is 2.32. The van der Waals surface area contributed by atoms with E-state index >= 15 is 0 Å². The SMILES string of the molecule is CCCCOC(=O)C(CC(C)=C([O])OCCCC)CC(C)(C)C(=O)OCC. The second-order valence-electron chi connectivity index (χ2n) is 7.50. The molecule has 0 aromatic heterocycles. The third-order valence-corrected chi connectivity index (χ3v) is 4.29. The number of hydrogen-bond donors (Lipinski definition) is 0. The van der Waals surface area contributed by atoms with Crippen molar-refractivity contribution in [3.8, 4) is 0 Å². The van der Waals surface area contributed by atoms with Gasteiger partial charge in [0.25, 0.3) is 0 Å². The Hall–Kier alpha value is -1.72. The van der Waals surface area contributed by atoms with Crippen LogP contribution in [0.25, 0.3) is 0 Å². The van der Waals surface area contributed by atoms with Crippen molar-refractivity contribution in [3.63, 3.8) is 0 Å². The molecule has 0 rings (SSSR count). The molecule has 0 spiro atoms. The average molecular weight is 386 g/mol. The highest BCUT2D eigenvalue weighted by Gasteiger charge is 2.36. The zero-order chi connectivity index (χ0) is 20.9. The van der Waals surface area contributed by atoms with E-state index in [1.165, 1.54) is 0 Å². The molecule has 0 aromatic carbocycles. The van der Waals surface area contributed by atoms with Crippen LogP contribution in [0.2, 0.25) is 0 Å². The Morgan fingerprint density at radius 1 is 0.926 bits per heavy atom. The maximum Gasteiger partial charge on any atom is 0.329 e. The van der Waals surface area contributed by atoms with Crippen LogP contribution in [0.4, 0.5) is 0 Å². The van der Waals surface area contributed by atoms with Gasteiger partial charge in [0, 0.05) is 5.57 Å². The molecule has 0 saturated carbocycles. The lowest BCUT2D eigenvalue weighted by Crippen LogP contribution is -2.32. The second kappa shape index (κ2) is 13.4. The Morgan fingerprint density at radius 3 is 2.00 bits per heavy atom. The normalized spacial score (nSPS) is 13.6. The van der Waals surface area contributed by atoms with E-state index in [0.717, 1.165) is 25.7 Å². The number of ether oxygens (including phenoxy) is 3. The lowest BCUT2D eigenvalue weighted by molar-refractivity contribution is -0.157. The summed E-state index contributed by atoms with van der Waals surface area (Å²) in [7, 11) is 0. The fourth-order valence-electron chi connectivity index (χ4n) is 2.58. The predicted molar refractivity (Wildman–Crippen MR) is 103 cm³/mol. The molecule has 27 heavy (non-hydrogen) atoms. The summed E-state index contributed by atoms with van der Waals surface area (Å²) in [6.07, 6.45) is 3.89. The van der Waals surface area contributed by atoms with Gasteiger partial charge in [-0.3, -0.25) is 9.59 Å². The van der Waals surface area contributed by atoms with E-state index in [4.69, 9.17) is 14.2 Å². The summed E-state index contributed by atoms with van der Waals surface area (Å²) in [4.78, 5) is 24.8. The minimum absolute atomic E-state index is 0.207. The van der Waals surface area contributed by atoms with E-state index in [2.05, 4.69) is 0 Å². The number of unbranched alkanes of at least 4 members (excludes halogenated alkanes) is 2. The van der Waals surface area contributed by atoms with Crippen LogP contribution >= 0.6 is 0 Å². The number of allylic oxidation sites excluding steroid dienone is 1. The second-order valence-corrected chi connectivity index (χ2v) is 7.50. The molecule has 1 unspecified atom stereocenters. The highest BCUT2D eigenvalue weighted by molar-refractivity contribution is 5.78. The number of rotatable bonds is 14. The third-order valence-electron chi connectivity index (χ3n) is 4.29.